The van der Waals surface area contributed by atoms with Gasteiger partial charge in [-0.3, -0.25) is 29.0 Å². The van der Waals surface area contributed by atoms with E-state index in [1.165, 1.54) is 5.01 Å². The molecule has 248 valence electrons. The van der Waals surface area contributed by atoms with Crippen LogP contribution in [0, 0.1) is 11.8 Å². The lowest BCUT2D eigenvalue weighted by Gasteiger charge is -2.35. The predicted molar refractivity (Wildman–Crippen MR) is 171 cm³/mol. The van der Waals surface area contributed by atoms with Crippen LogP contribution in [0.15, 0.2) is 36.4 Å². The van der Waals surface area contributed by atoms with Crippen LogP contribution in [0.25, 0.3) is 17.0 Å². The van der Waals surface area contributed by atoms with Gasteiger partial charge in [0.25, 0.3) is 5.91 Å². The molecular formula is C34H45N5O7. The summed E-state index contributed by atoms with van der Waals surface area (Å²) in [6.07, 6.45) is 3.77. The number of rotatable bonds is 5. The molecule has 0 aliphatic carbocycles. The first-order valence-corrected chi connectivity index (χ1v) is 16.0. The van der Waals surface area contributed by atoms with Crippen LogP contribution in [0.4, 0.5) is 0 Å². The molecule has 0 spiro atoms. The molecule has 12 nitrogen and oxygen atoms in total. The standard InChI is InChI=1S/C34H45N5O7/c1-7-9-29(40)45-21(5)25-15-12-23-11-13-24-14-16-26(36-28(24)18-23)22(6)46-34(44)27-10-8-17-39(38-27)33(43)20(4)35-32(42)30(19(2)3)37-31(25)41/h11-16,18-22,25,27,30,38H,7-10,17H2,1-6H3,(H,35,42)(H,37,41)/t20-,21-,22+,25+,27-,30-/m0/s1. The van der Waals surface area contributed by atoms with Gasteiger partial charge in [0, 0.05) is 18.4 Å². The van der Waals surface area contributed by atoms with Crippen LogP contribution < -0.4 is 16.1 Å². The van der Waals surface area contributed by atoms with Gasteiger partial charge < -0.3 is 20.1 Å². The van der Waals surface area contributed by atoms with Crippen molar-refractivity contribution in [3.8, 4) is 0 Å². The summed E-state index contributed by atoms with van der Waals surface area (Å²) < 4.78 is 11.4. The van der Waals surface area contributed by atoms with E-state index < -0.39 is 65.9 Å². The van der Waals surface area contributed by atoms with E-state index in [0.29, 0.717) is 37.0 Å². The van der Waals surface area contributed by atoms with E-state index in [9.17, 15) is 24.0 Å². The van der Waals surface area contributed by atoms with E-state index in [2.05, 4.69) is 16.1 Å². The number of fused-ring (bicyclic) bond motifs is 4. The second-order valence-corrected chi connectivity index (χ2v) is 12.4. The zero-order chi connectivity index (χ0) is 33.5. The van der Waals surface area contributed by atoms with Gasteiger partial charge in [-0.2, -0.15) is 0 Å². The Kier molecular flexibility index (Phi) is 11.5. The lowest BCUT2D eigenvalue weighted by Crippen LogP contribution is -2.61. The molecule has 4 rings (SSSR count). The number of ether oxygens (including phenoxy) is 2. The molecule has 0 unspecified atom stereocenters. The van der Waals surface area contributed by atoms with E-state index in [1.54, 1.807) is 52.8 Å². The highest BCUT2D eigenvalue weighted by Crippen LogP contribution is 2.23. The van der Waals surface area contributed by atoms with Crippen molar-refractivity contribution in [2.24, 2.45) is 11.8 Å². The van der Waals surface area contributed by atoms with Crippen molar-refractivity contribution in [3.63, 3.8) is 0 Å². The summed E-state index contributed by atoms with van der Waals surface area (Å²) >= 11 is 0. The van der Waals surface area contributed by atoms with Crippen molar-refractivity contribution < 1.29 is 33.4 Å². The number of aromatic nitrogens is 1. The molecule has 2 aliphatic heterocycles. The Bertz CT molecular complexity index is 1490. The molecule has 1 saturated heterocycles. The first-order chi connectivity index (χ1) is 21.9. The summed E-state index contributed by atoms with van der Waals surface area (Å²) in [5.41, 5.74) is 4.93. The van der Waals surface area contributed by atoms with E-state index >= 15 is 0 Å². The lowest BCUT2D eigenvalue weighted by molar-refractivity contribution is -0.157. The van der Waals surface area contributed by atoms with E-state index in [0.717, 1.165) is 10.9 Å². The van der Waals surface area contributed by atoms with Gasteiger partial charge in [-0.1, -0.05) is 51.1 Å². The van der Waals surface area contributed by atoms with Crippen molar-refractivity contribution in [2.45, 2.75) is 97.6 Å². The van der Waals surface area contributed by atoms with Gasteiger partial charge in [-0.05, 0) is 63.6 Å². The second-order valence-electron chi connectivity index (χ2n) is 12.4. The third-order valence-corrected chi connectivity index (χ3v) is 8.24. The van der Waals surface area contributed by atoms with Gasteiger partial charge in [0.2, 0.25) is 11.8 Å². The molecule has 6 atom stereocenters. The number of amides is 3. The molecule has 1 fully saturated rings. The molecule has 12 heteroatoms. The molecule has 1 aromatic heterocycles. The summed E-state index contributed by atoms with van der Waals surface area (Å²) in [5.74, 6) is -3.65. The maximum absolute atomic E-state index is 13.8. The lowest BCUT2D eigenvalue weighted by atomic mass is 9.97. The number of benzene rings is 1. The van der Waals surface area contributed by atoms with E-state index in [4.69, 9.17) is 14.5 Å². The monoisotopic (exact) mass is 635 g/mol. The van der Waals surface area contributed by atoms with Crippen LogP contribution in [0.3, 0.4) is 0 Å². The Balaban J connectivity index is 1.73. The Morgan fingerprint density at radius 3 is 2.52 bits per heavy atom. The number of esters is 2. The molecule has 3 amide bonds. The highest BCUT2D eigenvalue weighted by atomic mass is 16.5. The Morgan fingerprint density at radius 2 is 1.80 bits per heavy atom. The maximum Gasteiger partial charge on any atom is 0.325 e. The minimum Gasteiger partial charge on any atom is -0.461 e. The minimum atomic E-state index is -0.979. The van der Waals surface area contributed by atoms with Crippen LogP contribution in [-0.4, -0.2) is 70.4 Å². The molecule has 0 radical (unpaired) electrons. The highest BCUT2D eigenvalue weighted by Gasteiger charge is 2.35. The molecule has 5 bridgehead atoms. The Labute approximate surface area is 269 Å². The normalized spacial score (nSPS) is 25.5. The number of cyclic esters (lactones) is 1. The fraction of sp³-hybridized carbons (Fsp3) is 0.529. The minimum absolute atomic E-state index is 0.213. The van der Waals surface area contributed by atoms with Gasteiger partial charge in [0.1, 0.15) is 30.3 Å². The van der Waals surface area contributed by atoms with Crippen LogP contribution in [-0.2, 0) is 33.4 Å². The Hall–Kier alpha value is -4.32. The second kappa shape index (κ2) is 15.3. The molecule has 46 heavy (non-hydrogen) atoms. The maximum atomic E-state index is 13.8. The number of carbonyl (C=O) groups is 5. The summed E-state index contributed by atoms with van der Waals surface area (Å²) in [6.45, 7) is 10.7. The number of carbonyl (C=O) groups excluding carboxylic acids is 5. The number of hydrazine groups is 1. The highest BCUT2D eigenvalue weighted by molar-refractivity contribution is 5.93. The zero-order valence-corrected chi connectivity index (χ0v) is 27.4. The molecular weight excluding hydrogens is 590 g/mol. The quantitative estimate of drug-likeness (QED) is 0.420. The first kappa shape index (κ1) is 34.6. The van der Waals surface area contributed by atoms with Crippen molar-refractivity contribution in [1.29, 1.82) is 0 Å². The summed E-state index contributed by atoms with van der Waals surface area (Å²) in [5, 5.41) is 7.75. The van der Waals surface area contributed by atoms with Crippen molar-refractivity contribution in [1.82, 2.24) is 26.1 Å². The summed E-state index contributed by atoms with van der Waals surface area (Å²) in [4.78, 5) is 70.8. The third-order valence-electron chi connectivity index (χ3n) is 8.24. The zero-order valence-electron chi connectivity index (χ0n) is 27.4. The SMILES string of the molecule is CCCC(=O)O[C@@H](C)[C@H]1C=Cc2ccc3ccc(nc3c2)[C@@H](C)OC(=O)[C@@H]2CCCN(N2)C(=O)[C@H](C)NC(=O)[C@H](C(C)C)NC1=O. The van der Waals surface area contributed by atoms with Gasteiger partial charge >= 0.3 is 11.9 Å². The topological polar surface area (TPSA) is 156 Å². The predicted octanol–water partition coefficient (Wildman–Crippen LogP) is 3.35. The summed E-state index contributed by atoms with van der Waals surface area (Å²) in [6, 6.07) is 6.65. The van der Waals surface area contributed by atoms with Crippen LogP contribution in [0.2, 0.25) is 0 Å². The van der Waals surface area contributed by atoms with E-state index in [-0.39, 0.29) is 12.3 Å². The van der Waals surface area contributed by atoms with Gasteiger partial charge in [0.15, 0.2) is 0 Å². The largest absolute Gasteiger partial charge is 0.461 e. The average molecular weight is 636 g/mol. The number of nitrogens with zero attached hydrogens (tertiary/aromatic N) is 2. The molecule has 0 saturated carbocycles. The molecule has 2 aromatic rings. The smallest absolute Gasteiger partial charge is 0.325 e. The molecule has 3 heterocycles. The van der Waals surface area contributed by atoms with Crippen LogP contribution in [0.5, 0.6) is 0 Å². The molecule has 1 aromatic carbocycles. The van der Waals surface area contributed by atoms with Crippen molar-refractivity contribution >= 4 is 46.6 Å². The fourth-order valence-electron chi connectivity index (χ4n) is 5.51. The Morgan fingerprint density at radius 1 is 1.07 bits per heavy atom. The van der Waals surface area contributed by atoms with Gasteiger partial charge in [-0.25, -0.2) is 10.4 Å². The average Bonchev–Trinajstić information content (AvgIpc) is 3.02. The van der Waals surface area contributed by atoms with Crippen LogP contribution in [0.1, 0.15) is 84.6 Å². The number of nitrogens with one attached hydrogen (secondary N) is 3. The number of pyridine rings is 1. The third kappa shape index (κ3) is 8.48. The number of hydrogen-bond acceptors (Lipinski definition) is 9. The fourth-order valence-corrected chi connectivity index (χ4v) is 5.51. The van der Waals surface area contributed by atoms with Gasteiger partial charge in [-0.15, -0.1) is 0 Å². The van der Waals surface area contributed by atoms with Crippen LogP contribution >= 0.6 is 0 Å². The van der Waals surface area contributed by atoms with Crippen molar-refractivity contribution in [3.05, 3.63) is 47.7 Å². The van der Waals surface area contributed by atoms with E-state index in [1.807, 2.05) is 31.2 Å². The van der Waals surface area contributed by atoms with Crippen molar-refractivity contribution in [2.75, 3.05) is 6.54 Å². The summed E-state index contributed by atoms with van der Waals surface area (Å²) in [7, 11) is 0. The molecule has 2 aliphatic rings. The number of hydrogen-bond donors (Lipinski definition) is 3. The van der Waals surface area contributed by atoms with Gasteiger partial charge in [0.05, 0.1) is 17.1 Å². The first-order valence-electron chi connectivity index (χ1n) is 16.0. The molecule has 3 N–H and O–H groups in total.